The SMILES string of the molecule is CP(C)(=O)c1cc(F)ccc1Nc1nc(Cl)ncc1Cl. The maximum absolute atomic E-state index is 13.3. The fraction of sp³-hybridized carbons (Fsp3) is 0.167. The highest BCUT2D eigenvalue weighted by atomic mass is 35.5. The molecule has 0 atom stereocenters. The molecule has 2 rings (SSSR count). The first-order chi connectivity index (χ1) is 9.27. The van der Waals surface area contributed by atoms with E-state index in [0.717, 1.165) is 0 Å². The van der Waals surface area contributed by atoms with Gasteiger partial charge in [-0.25, -0.2) is 9.37 Å². The molecular weight excluding hydrogens is 323 g/mol. The van der Waals surface area contributed by atoms with Gasteiger partial charge in [-0.1, -0.05) is 11.6 Å². The van der Waals surface area contributed by atoms with Crippen LogP contribution in [0.2, 0.25) is 10.3 Å². The second kappa shape index (κ2) is 5.68. The molecule has 8 heteroatoms. The first kappa shape index (κ1) is 15.2. The summed E-state index contributed by atoms with van der Waals surface area (Å²) in [6, 6.07) is 3.98. The monoisotopic (exact) mass is 333 g/mol. The molecule has 106 valence electrons. The van der Waals surface area contributed by atoms with Crippen molar-refractivity contribution in [3.63, 3.8) is 0 Å². The van der Waals surface area contributed by atoms with E-state index in [1.165, 1.54) is 24.4 Å². The molecule has 0 aliphatic rings. The average molecular weight is 334 g/mol. The Balaban J connectivity index is 2.49. The molecule has 4 nitrogen and oxygen atoms in total. The Morgan fingerprint density at radius 2 is 2.00 bits per heavy atom. The summed E-state index contributed by atoms with van der Waals surface area (Å²) in [6.45, 7) is 3.11. The fourth-order valence-electron chi connectivity index (χ4n) is 1.62. The molecule has 0 saturated heterocycles. The molecule has 0 aliphatic carbocycles. The number of nitrogens with one attached hydrogen (secondary N) is 1. The van der Waals surface area contributed by atoms with Crippen molar-refractivity contribution >= 4 is 47.2 Å². The predicted octanol–water partition coefficient (Wildman–Crippen LogP) is 3.91. The van der Waals surface area contributed by atoms with Gasteiger partial charge in [0.1, 0.15) is 18.0 Å². The number of benzene rings is 1. The Morgan fingerprint density at radius 1 is 1.30 bits per heavy atom. The van der Waals surface area contributed by atoms with Crippen LogP contribution >= 0.6 is 30.3 Å². The number of nitrogens with zero attached hydrogens (tertiary/aromatic N) is 2. The number of aromatic nitrogens is 2. The van der Waals surface area contributed by atoms with Crippen molar-refractivity contribution in [3.05, 3.63) is 40.5 Å². The van der Waals surface area contributed by atoms with Gasteiger partial charge in [0.2, 0.25) is 5.28 Å². The Bertz CT molecular complexity index is 705. The maximum atomic E-state index is 13.3. The molecule has 1 aromatic heterocycles. The van der Waals surface area contributed by atoms with Crippen LogP contribution in [-0.4, -0.2) is 23.3 Å². The van der Waals surface area contributed by atoms with Crippen molar-refractivity contribution in [2.45, 2.75) is 0 Å². The van der Waals surface area contributed by atoms with Gasteiger partial charge in [0.25, 0.3) is 0 Å². The quantitative estimate of drug-likeness (QED) is 0.683. The van der Waals surface area contributed by atoms with Gasteiger partial charge in [-0.05, 0) is 43.1 Å². The minimum atomic E-state index is -2.67. The van der Waals surface area contributed by atoms with Crippen LogP contribution in [0, 0.1) is 5.82 Å². The van der Waals surface area contributed by atoms with Crippen LogP contribution in [0.4, 0.5) is 15.9 Å². The first-order valence-electron chi connectivity index (χ1n) is 5.57. The van der Waals surface area contributed by atoms with Crippen LogP contribution in [0.3, 0.4) is 0 Å². The van der Waals surface area contributed by atoms with Crippen molar-refractivity contribution < 1.29 is 8.96 Å². The highest BCUT2D eigenvalue weighted by Crippen LogP contribution is 2.39. The molecule has 0 saturated carbocycles. The lowest BCUT2D eigenvalue weighted by atomic mass is 10.3. The predicted molar refractivity (Wildman–Crippen MR) is 80.8 cm³/mol. The summed E-state index contributed by atoms with van der Waals surface area (Å²) in [4.78, 5) is 7.68. The van der Waals surface area contributed by atoms with E-state index in [-0.39, 0.29) is 16.1 Å². The highest BCUT2D eigenvalue weighted by molar-refractivity contribution is 7.70. The van der Waals surface area contributed by atoms with Crippen molar-refractivity contribution in [2.75, 3.05) is 18.6 Å². The molecule has 2 aromatic rings. The second-order valence-corrected chi connectivity index (χ2v) is 8.40. The van der Waals surface area contributed by atoms with E-state index >= 15 is 0 Å². The number of hydrogen-bond acceptors (Lipinski definition) is 4. The van der Waals surface area contributed by atoms with Crippen LogP contribution in [0.25, 0.3) is 0 Å². The Hall–Kier alpha value is -1.16. The topological polar surface area (TPSA) is 54.9 Å². The summed E-state index contributed by atoms with van der Waals surface area (Å²) < 4.78 is 25.6. The summed E-state index contributed by atoms with van der Waals surface area (Å²) in [7, 11) is -2.67. The van der Waals surface area contributed by atoms with Gasteiger partial charge in [0.15, 0.2) is 5.82 Å². The molecule has 1 aromatic carbocycles. The van der Waals surface area contributed by atoms with Gasteiger partial charge < -0.3 is 9.88 Å². The van der Waals surface area contributed by atoms with Gasteiger partial charge >= 0.3 is 0 Å². The highest BCUT2D eigenvalue weighted by Gasteiger charge is 2.18. The van der Waals surface area contributed by atoms with E-state index in [0.29, 0.717) is 11.0 Å². The Labute approximate surface area is 125 Å². The smallest absolute Gasteiger partial charge is 0.224 e. The third-order valence-electron chi connectivity index (χ3n) is 2.51. The lowest BCUT2D eigenvalue weighted by Gasteiger charge is -2.15. The summed E-state index contributed by atoms with van der Waals surface area (Å²) in [5.41, 5.74) is 0.469. The van der Waals surface area contributed by atoms with Gasteiger partial charge in [-0.2, -0.15) is 4.98 Å². The van der Waals surface area contributed by atoms with E-state index in [1.54, 1.807) is 13.3 Å². The van der Waals surface area contributed by atoms with Crippen molar-refractivity contribution in [1.82, 2.24) is 9.97 Å². The van der Waals surface area contributed by atoms with Crippen molar-refractivity contribution in [1.29, 1.82) is 0 Å². The Morgan fingerprint density at radius 3 is 2.65 bits per heavy atom. The van der Waals surface area contributed by atoms with Crippen molar-refractivity contribution in [2.24, 2.45) is 0 Å². The normalized spacial score (nSPS) is 11.4. The van der Waals surface area contributed by atoms with E-state index in [1.807, 2.05) is 0 Å². The lowest BCUT2D eigenvalue weighted by molar-refractivity contribution is 0.587. The molecule has 0 aliphatic heterocycles. The molecule has 0 spiro atoms. The van der Waals surface area contributed by atoms with Gasteiger partial charge in [-0.3, -0.25) is 0 Å². The molecule has 20 heavy (non-hydrogen) atoms. The zero-order valence-corrected chi connectivity index (χ0v) is 13.1. The van der Waals surface area contributed by atoms with Crippen LogP contribution in [0.1, 0.15) is 0 Å². The minimum Gasteiger partial charge on any atom is -0.338 e. The fourth-order valence-corrected chi connectivity index (χ4v) is 3.03. The molecule has 0 radical (unpaired) electrons. The third-order valence-corrected chi connectivity index (χ3v) is 4.50. The molecule has 0 fully saturated rings. The molecule has 1 heterocycles. The van der Waals surface area contributed by atoms with Gasteiger partial charge in [0.05, 0.1) is 11.9 Å². The first-order valence-corrected chi connectivity index (χ1v) is 8.93. The minimum absolute atomic E-state index is 0.0248. The maximum Gasteiger partial charge on any atom is 0.224 e. The lowest BCUT2D eigenvalue weighted by Crippen LogP contribution is -2.11. The third kappa shape index (κ3) is 3.48. The largest absolute Gasteiger partial charge is 0.338 e. The van der Waals surface area contributed by atoms with E-state index in [2.05, 4.69) is 15.3 Å². The number of rotatable bonds is 3. The molecule has 0 unspecified atom stereocenters. The number of halogens is 3. The number of hydrogen-bond donors (Lipinski definition) is 1. The molecule has 0 bridgehead atoms. The summed E-state index contributed by atoms with van der Waals surface area (Å²) >= 11 is 11.7. The van der Waals surface area contributed by atoms with Crippen LogP contribution in [-0.2, 0) is 4.57 Å². The number of anilines is 2. The molecule has 0 amide bonds. The second-order valence-electron chi connectivity index (χ2n) is 4.47. The zero-order chi connectivity index (χ0) is 14.9. The van der Waals surface area contributed by atoms with Crippen LogP contribution in [0.15, 0.2) is 24.4 Å². The van der Waals surface area contributed by atoms with Gasteiger partial charge in [-0.15, -0.1) is 0 Å². The molecular formula is C12H11Cl2FN3OP. The summed E-state index contributed by atoms with van der Waals surface area (Å²) in [5.74, 6) is -0.186. The van der Waals surface area contributed by atoms with E-state index in [9.17, 15) is 8.96 Å². The molecule has 1 N–H and O–H groups in total. The van der Waals surface area contributed by atoms with Crippen LogP contribution in [0.5, 0.6) is 0 Å². The van der Waals surface area contributed by atoms with E-state index < -0.39 is 13.0 Å². The van der Waals surface area contributed by atoms with Gasteiger partial charge in [0, 0.05) is 5.30 Å². The standard InChI is InChI=1S/C12H11Cl2FN3OP/c1-20(2,19)10-5-7(15)3-4-9(10)17-11-8(13)6-16-12(14)18-11/h3-6H,1-2H3,(H,16,17,18). The summed E-state index contributed by atoms with van der Waals surface area (Å²) in [6.07, 6.45) is 1.35. The van der Waals surface area contributed by atoms with Crippen LogP contribution < -0.4 is 10.6 Å². The van der Waals surface area contributed by atoms with E-state index in [4.69, 9.17) is 23.2 Å². The zero-order valence-electron chi connectivity index (χ0n) is 10.7. The Kier molecular flexibility index (Phi) is 4.33. The summed E-state index contributed by atoms with van der Waals surface area (Å²) in [5, 5.41) is 3.57. The van der Waals surface area contributed by atoms with Crippen molar-refractivity contribution in [3.8, 4) is 0 Å². The average Bonchev–Trinajstić information content (AvgIpc) is 2.34.